The van der Waals surface area contributed by atoms with Gasteiger partial charge in [0.25, 0.3) is 0 Å². The second kappa shape index (κ2) is 14.8. The Morgan fingerprint density at radius 3 is 1.62 bits per heavy atom. The molecular weight excluding hydrogens is 497 g/mol. The van der Waals surface area contributed by atoms with Crippen molar-refractivity contribution in [3.63, 3.8) is 0 Å². The van der Waals surface area contributed by atoms with Gasteiger partial charge in [0, 0.05) is 0 Å². The first-order valence-corrected chi connectivity index (χ1v) is 20.7. The summed E-state index contributed by atoms with van der Waals surface area (Å²) in [6.45, 7) is 9.07. The van der Waals surface area contributed by atoms with Crippen LogP contribution in [0.15, 0.2) is 60.7 Å². The van der Waals surface area contributed by atoms with Crippen molar-refractivity contribution in [2.24, 2.45) is 0 Å². The van der Waals surface area contributed by atoms with E-state index in [0.29, 0.717) is 10.4 Å². The van der Waals surface area contributed by atoms with Crippen LogP contribution in [-0.2, 0) is 4.79 Å². The molecule has 0 heterocycles. The molecule has 3 heteroatoms. The number of unbranched alkanes of at least 4 members (excludes halogenated alkanes) is 3. The third-order valence-corrected chi connectivity index (χ3v) is 24.4. The zero-order chi connectivity index (χ0) is 23.2. The van der Waals surface area contributed by atoms with Crippen LogP contribution in [0.25, 0.3) is 0 Å². The van der Waals surface area contributed by atoms with Gasteiger partial charge in [-0.05, 0) is 0 Å². The minimum atomic E-state index is -2.64. The topological polar surface area (TPSA) is 29.1 Å². The van der Waals surface area contributed by atoms with Gasteiger partial charge in [0.05, 0.1) is 0 Å². The first-order chi connectivity index (χ1) is 15.6. The number of hydrogen-bond donors (Lipinski definition) is 1. The van der Waals surface area contributed by atoms with Crippen LogP contribution in [0.5, 0.6) is 0 Å². The van der Waals surface area contributed by atoms with Gasteiger partial charge in [-0.25, -0.2) is 0 Å². The van der Waals surface area contributed by atoms with E-state index in [4.69, 9.17) is 0 Å². The Balaban J connectivity index is 2.33. The van der Waals surface area contributed by atoms with Gasteiger partial charge in [0.15, 0.2) is 0 Å². The molecule has 2 aromatic rings. The second-order valence-corrected chi connectivity index (χ2v) is 23.6. The van der Waals surface area contributed by atoms with Crippen molar-refractivity contribution in [1.82, 2.24) is 5.32 Å². The minimum absolute atomic E-state index is 0.0478. The molecule has 0 aliphatic carbocycles. The van der Waals surface area contributed by atoms with Gasteiger partial charge >= 0.3 is 202 Å². The van der Waals surface area contributed by atoms with Gasteiger partial charge < -0.3 is 0 Å². The Kier molecular flexibility index (Phi) is 12.4. The van der Waals surface area contributed by atoms with Crippen LogP contribution in [0.3, 0.4) is 0 Å². The summed E-state index contributed by atoms with van der Waals surface area (Å²) >= 11 is -2.64. The number of carbonyl (C=O) groups excluding carboxylic acids is 1. The number of rotatable bonds is 15. The van der Waals surface area contributed by atoms with E-state index in [0.717, 1.165) is 0 Å². The predicted molar refractivity (Wildman–Crippen MR) is 142 cm³/mol. The molecule has 0 aromatic heterocycles. The third kappa shape index (κ3) is 8.24. The molecule has 0 aliphatic rings. The number of nitrogens with one attached hydrogen (secondary N) is 1. The Morgan fingerprint density at radius 2 is 1.19 bits per heavy atom. The van der Waals surface area contributed by atoms with Crippen molar-refractivity contribution in [2.75, 3.05) is 0 Å². The van der Waals surface area contributed by atoms with Gasteiger partial charge in [-0.3, -0.25) is 0 Å². The third-order valence-electron chi connectivity index (χ3n) is 7.09. The Bertz CT molecular complexity index is 739. The number of amides is 1. The van der Waals surface area contributed by atoms with E-state index in [-0.39, 0.29) is 11.9 Å². The number of hydrogen-bond acceptors (Lipinski definition) is 1. The average Bonchev–Trinajstić information content (AvgIpc) is 2.83. The molecule has 1 unspecified atom stereocenters. The van der Waals surface area contributed by atoms with Crippen molar-refractivity contribution in [2.45, 2.75) is 95.9 Å². The van der Waals surface area contributed by atoms with E-state index in [9.17, 15) is 4.79 Å². The molecule has 0 aliphatic heterocycles. The summed E-state index contributed by atoms with van der Waals surface area (Å²) in [7, 11) is 0. The molecule has 32 heavy (non-hydrogen) atoms. The predicted octanol–water partition coefficient (Wildman–Crippen LogP) is 8.43. The van der Waals surface area contributed by atoms with E-state index in [1.54, 1.807) is 0 Å². The maximum atomic E-state index is 13.4. The molecule has 176 valence electrons. The molecule has 0 bridgehead atoms. The Labute approximate surface area is 201 Å². The zero-order valence-electron chi connectivity index (χ0n) is 20.9. The molecule has 0 saturated carbocycles. The van der Waals surface area contributed by atoms with Gasteiger partial charge in [-0.1, -0.05) is 0 Å². The van der Waals surface area contributed by atoms with E-state index >= 15 is 0 Å². The molecule has 0 fully saturated rings. The molecule has 2 aromatic carbocycles. The van der Waals surface area contributed by atoms with E-state index in [2.05, 4.69) is 75.5 Å². The summed E-state index contributed by atoms with van der Waals surface area (Å²) in [5.74, 6) is 0.223. The van der Waals surface area contributed by atoms with Crippen molar-refractivity contribution in [3.8, 4) is 0 Å². The van der Waals surface area contributed by atoms with Crippen molar-refractivity contribution >= 4 is 24.3 Å². The van der Waals surface area contributed by atoms with E-state index < -0.39 is 18.4 Å². The van der Waals surface area contributed by atoms with Gasteiger partial charge in [0.2, 0.25) is 0 Å². The SMILES string of the molecule is CCC[CH2][Sn]([CH2]CCC)([CH2]CCC)[CH](CC(=O)N[C@@H](C)c1ccccc1)c1ccccc1. The summed E-state index contributed by atoms with van der Waals surface area (Å²) in [4.78, 5) is 13.4. The summed E-state index contributed by atoms with van der Waals surface area (Å²) < 4.78 is 4.74. The van der Waals surface area contributed by atoms with Crippen LogP contribution in [0.2, 0.25) is 13.3 Å². The van der Waals surface area contributed by atoms with Crippen LogP contribution in [0, 0.1) is 0 Å². The summed E-state index contributed by atoms with van der Waals surface area (Å²) in [6, 6.07) is 21.4. The zero-order valence-corrected chi connectivity index (χ0v) is 23.8. The molecule has 2 rings (SSSR count). The van der Waals surface area contributed by atoms with Crippen LogP contribution >= 0.6 is 0 Å². The molecular formula is C29H45NOSn. The van der Waals surface area contributed by atoms with Crippen molar-refractivity contribution in [3.05, 3.63) is 71.8 Å². The molecule has 2 nitrogen and oxygen atoms in total. The molecule has 1 amide bonds. The molecule has 2 atom stereocenters. The van der Waals surface area contributed by atoms with Crippen LogP contribution in [-0.4, -0.2) is 24.3 Å². The molecule has 0 spiro atoms. The quantitative estimate of drug-likeness (QED) is 0.225. The fourth-order valence-corrected chi connectivity index (χ4v) is 23.7. The summed E-state index contributed by atoms with van der Waals surface area (Å²) in [6.07, 6.45) is 8.42. The van der Waals surface area contributed by atoms with Crippen LogP contribution < -0.4 is 5.32 Å². The van der Waals surface area contributed by atoms with Gasteiger partial charge in [-0.2, -0.15) is 0 Å². The first-order valence-electron chi connectivity index (χ1n) is 13.0. The fourth-order valence-electron chi connectivity index (χ4n) is 5.17. The standard InChI is InChI=1S/C17H18NO.3C4H9.Sn/c1-14(16-10-6-3-7-11-16)18-17(19)13-12-15-8-4-2-5-9-15;3*1-3-4-2;/h2-12,14H,13H2,1H3,(H,18,19);3*1,3-4H2,2H3;/t14-;;;;/m0..../s1. The van der Waals surface area contributed by atoms with Crippen molar-refractivity contribution < 1.29 is 4.79 Å². The van der Waals surface area contributed by atoms with Gasteiger partial charge in [-0.15, -0.1) is 0 Å². The Morgan fingerprint density at radius 1 is 0.750 bits per heavy atom. The van der Waals surface area contributed by atoms with Crippen LogP contribution in [0.1, 0.15) is 93.7 Å². The molecule has 1 N–H and O–H groups in total. The summed E-state index contributed by atoms with van der Waals surface area (Å²) in [5, 5.41) is 3.33. The van der Waals surface area contributed by atoms with Crippen molar-refractivity contribution in [1.29, 1.82) is 0 Å². The molecule has 0 saturated heterocycles. The van der Waals surface area contributed by atoms with E-state index in [1.807, 2.05) is 18.2 Å². The van der Waals surface area contributed by atoms with Crippen LogP contribution in [0.4, 0.5) is 0 Å². The average molecular weight is 542 g/mol. The first kappa shape index (κ1) is 27.0. The number of carbonyl (C=O) groups is 1. The maximum absolute atomic E-state index is 13.4. The fraction of sp³-hybridized carbons (Fsp3) is 0.552. The summed E-state index contributed by atoms with van der Waals surface area (Å²) in [5.41, 5.74) is 2.60. The monoisotopic (exact) mass is 543 g/mol. The normalized spacial score (nSPS) is 13.5. The number of benzene rings is 2. The second-order valence-electron chi connectivity index (χ2n) is 9.54. The Hall–Kier alpha value is -1.29. The van der Waals surface area contributed by atoms with E-state index in [1.165, 1.54) is 63.0 Å². The molecule has 0 radical (unpaired) electrons. The van der Waals surface area contributed by atoms with Gasteiger partial charge in [0.1, 0.15) is 0 Å².